The van der Waals surface area contributed by atoms with Crippen molar-refractivity contribution in [3.05, 3.63) is 28.3 Å². The topological polar surface area (TPSA) is 52.7 Å². The van der Waals surface area contributed by atoms with Gasteiger partial charge in [-0.25, -0.2) is 0 Å². The van der Waals surface area contributed by atoms with Crippen molar-refractivity contribution >= 4 is 29.1 Å². The molecule has 1 aromatic carbocycles. The average Bonchev–Trinajstić information content (AvgIpc) is 2.84. The van der Waals surface area contributed by atoms with E-state index in [4.69, 9.17) is 11.6 Å². The van der Waals surface area contributed by atoms with Crippen molar-refractivity contribution < 1.29 is 9.59 Å². The lowest BCUT2D eigenvalue weighted by Crippen LogP contribution is -2.30. The Kier molecular flexibility index (Phi) is 6.24. The molecule has 1 aliphatic heterocycles. The first kappa shape index (κ1) is 18.7. The molecular weight excluding hydrogens is 326 g/mol. The van der Waals surface area contributed by atoms with Gasteiger partial charge in [0.2, 0.25) is 11.8 Å². The molecule has 0 bridgehead atoms. The fourth-order valence-corrected chi connectivity index (χ4v) is 3.41. The minimum absolute atomic E-state index is 0.0561. The van der Waals surface area contributed by atoms with Crippen LogP contribution in [0.15, 0.2) is 12.1 Å². The second-order valence-corrected chi connectivity index (χ2v) is 7.23. The van der Waals surface area contributed by atoms with Gasteiger partial charge in [0.25, 0.3) is 0 Å². The van der Waals surface area contributed by atoms with E-state index in [1.54, 1.807) is 4.90 Å². The summed E-state index contributed by atoms with van der Waals surface area (Å²) >= 11 is 6.24. The highest BCUT2D eigenvalue weighted by Crippen LogP contribution is 2.29. The third-order valence-corrected chi connectivity index (χ3v) is 4.60. The number of likely N-dealkylation sites (tertiary alicyclic amines) is 1. The van der Waals surface area contributed by atoms with Gasteiger partial charge in [-0.2, -0.15) is 0 Å². The SMILES string of the molecule is Cc1cc(C)c(NC(=O)C2CC(=O)N(CCCN(C)C)C2)c(Cl)c1. The van der Waals surface area contributed by atoms with Crippen LogP contribution in [0.4, 0.5) is 5.69 Å². The maximum absolute atomic E-state index is 12.5. The Morgan fingerprint density at radius 1 is 1.38 bits per heavy atom. The number of nitrogens with zero attached hydrogens (tertiary/aromatic N) is 2. The number of benzene rings is 1. The van der Waals surface area contributed by atoms with Gasteiger partial charge in [-0.1, -0.05) is 17.7 Å². The molecule has 5 nitrogen and oxygen atoms in total. The van der Waals surface area contributed by atoms with E-state index in [0.717, 1.165) is 24.1 Å². The van der Waals surface area contributed by atoms with E-state index in [2.05, 4.69) is 10.2 Å². The van der Waals surface area contributed by atoms with Crippen LogP contribution in [-0.4, -0.2) is 55.3 Å². The molecule has 132 valence electrons. The lowest BCUT2D eigenvalue weighted by molar-refractivity contribution is -0.128. The van der Waals surface area contributed by atoms with Crippen molar-refractivity contribution in [2.24, 2.45) is 5.92 Å². The molecule has 0 aliphatic carbocycles. The van der Waals surface area contributed by atoms with E-state index >= 15 is 0 Å². The molecule has 1 aromatic rings. The third-order valence-electron chi connectivity index (χ3n) is 4.30. The number of carbonyl (C=O) groups is 2. The predicted molar refractivity (Wildman–Crippen MR) is 97.4 cm³/mol. The summed E-state index contributed by atoms with van der Waals surface area (Å²) in [5, 5.41) is 3.44. The van der Waals surface area contributed by atoms with Gasteiger partial charge in [-0.05, 0) is 58.1 Å². The number of anilines is 1. The van der Waals surface area contributed by atoms with E-state index in [-0.39, 0.29) is 24.2 Å². The number of rotatable bonds is 6. The molecule has 1 N–H and O–H groups in total. The molecule has 1 heterocycles. The fourth-order valence-electron chi connectivity index (χ4n) is 3.04. The average molecular weight is 352 g/mol. The van der Waals surface area contributed by atoms with E-state index < -0.39 is 0 Å². The van der Waals surface area contributed by atoms with Crippen LogP contribution in [0, 0.1) is 19.8 Å². The van der Waals surface area contributed by atoms with Crippen LogP contribution in [0.1, 0.15) is 24.0 Å². The Labute approximate surface area is 149 Å². The maximum atomic E-state index is 12.5. The van der Waals surface area contributed by atoms with Crippen molar-refractivity contribution in [3.63, 3.8) is 0 Å². The van der Waals surface area contributed by atoms with Crippen LogP contribution in [0.3, 0.4) is 0 Å². The minimum Gasteiger partial charge on any atom is -0.342 e. The zero-order chi connectivity index (χ0) is 17.9. The van der Waals surface area contributed by atoms with Gasteiger partial charge in [0.15, 0.2) is 0 Å². The molecule has 0 radical (unpaired) electrons. The first-order chi connectivity index (χ1) is 11.3. The predicted octanol–water partition coefficient (Wildman–Crippen LogP) is 2.70. The lowest BCUT2D eigenvalue weighted by Gasteiger charge is -2.18. The summed E-state index contributed by atoms with van der Waals surface area (Å²) in [5.41, 5.74) is 2.63. The smallest absolute Gasteiger partial charge is 0.229 e. The van der Waals surface area contributed by atoms with Crippen LogP contribution in [-0.2, 0) is 9.59 Å². The molecule has 1 aliphatic rings. The summed E-state index contributed by atoms with van der Waals surface area (Å²) in [6, 6.07) is 3.81. The molecule has 1 saturated heterocycles. The number of aryl methyl sites for hydroxylation is 2. The summed E-state index contributed by atoms with van der Waals surface area (Å²) < 4.78 is 0. The van der Waals surface area contributed by atoms with Crippen molar-refractivity contribution in [2.45, 2.75) is 26.7 Å². The Bertz CT molecular complexity index is 608. The molecule has 0 saturated carbocycles. The van der Waals surface area contributed by atoms with Crippen molar-refractivity contribution in [2.75, 3.05) is 39.0 Å². The van der Waals surface area contributed by atoms with Crippen LogP contribution in [0.25, 0.3) is 0 Å². The van der Waals surface area contributed by atoms with Crippen LogP contribution in [0.5, 0.6) is 0 Å². The first-order valence-electron chi connectivity index (χ1n) is 8.28. The second kappa shape index (κ2) is 7.99. The van der Waals surface area contributed by atoms with Gasteiger partial charge in [0.1, 0.15) is 0 Å². The molecule has 0 aromatic heterocycles. The first-order valence-corrected chi connectivity index (χ1v) is 8.66. The van der Waals surface area contributed by atoms with E-state index in [1.807, 2.05) is 40.1 Å². The van der Waals surface area contributed by atoms with Crippen LogP contribution >= 0.6 is 11.6 Å². The molecule has 6 heteroatoms. The summed E-state index contributed by atoms with van der Waals surface area (Å²) in [7, 11) is 4.02. The van der Waals surface area contributed by atoms with Crippen molar-refractivity contribution in [1.82, 2.24) is 9.80 Å². The fraction of sp³-hybridized carbons (Fsp3) is 0.556. The Hall–Kier alpha value is -1.59. The van der Waals surface area contributed by atoms with E-state index in [0.29, 0.717) is 23.8 Å². The number of carbonyl (C=O) groups excluding carboxylic acids is 2. The molecule has 24 heavy (non-hydrogen) atoms. The highest BCUT2D eigenvalue weighted by molar-refractivity contribution is 6.34. The maximum Gasteiger partial charge on any atom is 0.229 e. The van der Waals surface area contributed by atoms with Gasteiger partial charge >= 0.3 is 0 Å². The molecule has 0 spiro atoms. The number of halogens is 1. The molecule has 2 amide bonds. The summed E-state index contributed by atoms with van der Waals surface area (Å²) in [6.07, 6.45) is 1.19. The van der Waals surface area contributed by atoms with Gasteiger partial charge in [-0.15, -0.1) is 0 Å². The standard InChI is InChI=1S/C18H26ClN3O2/c1-12-8-13(2)17(15(19)9-12)20-18(24)14-10-16(23)22(11-14)7-5-6-21(3)4/h8-9,14H,5-7,10-11H2,1-4H3,(H,20,24). The molecular formula is C18H26ClN3O2. The largest absolute Gasteiger partial charge is 0.342 e. The quantitative estimate of drug-likeness (QED) is 0.857. The Morgan fingerprint density at radius 2 is 2.08 bits per heavy atom. The van der Waals surface area contributed by atoms with E-state index in [9.17, 15) is 9.59 Å². The monoisotopic (exact) mass is 351 g/mol. The molecule has 1 fully saturated rings. The highest BCUT2D eigenvalue weighted by atomic mass is 35.5. The number of hydrogen-bond acceptors (Lipinski definition) is 3. The Balaban J connectivity index is 1.95. The van der Waals surface area contributed by atoms with Crippen LogP contribution in [0.2, 0.25) is 5.02 Å². The number of amides is 2. The van der Waals surface area contributed by atoms with Gasteiger partial charge < -0.3 is 15.1 Å². The van der Waals surface area contributed by atoms with Gasteiger partial charge in [0, 0.05) is 19.5 Å². The number of hydrogen-bond donors (Lipinski definition) is 1. The third kappa shape index (κ3) is 4.71. The summed E-state index contributed by atoms with van der Waals surface area (Å²) in [4.78, 5) is 28.5. The summed E-state index contributed by atoms with van der Waals surface area (Å²) in [6.45, 7) is 6.00. The van der Waals surface area contributed by atoms with Crippen molar-refractivity contribution in [3.8, 4) is 0 Å². The van der Waals surface area contributed by atoms with E-state index in [1.165, 1.54) is 0 Å². The zero-order valence-corrected chi connectivity index (χ0v) is 15.6. The van der Waals surface area contributed by atoms with Gasteiger partial charge in [-0.3, -0.25) is 9.59 Å². The molecule has 2 rings (SSSR count). The highest BCUT2D eigenvalue weighted by Gasteiger charge is 2.34. The Morgan fingerprint density at radius 3 is 2.71 bits per heavy atom. The van der Waals surface area contributed by atoms with Gasteiger partial charge in [0.05, 0.1) is 16.6 Å². The zero-order valence-electron chi connectivity index (χ0n) is 14.9. The minimum atomic E-state index is -0.311. The normalized spacial score (nSPS) is 17.7. The van der Waals surface area contributed by atoms with Crippen LogP contribution < -0.4 is 5.32 Å². The van der Waals surface area contributed by atoms with Crippen molar-refractivity contribution in [1.29, 1.82) is 0 Å². The summed E-state index contributed by atoms with van der Waals surface area (Å²) in [5.74, 6) is -0.387. The molecule has 1 atom stereocenters. The number of nitrogens with one attached hydrogen (secondary N) is 1. The lowest BCUT2D eigenvalue weighted by atomic mass is 10.1. The second-order valence-electron chi connectivity index (χ2n) is 6.83. The molecule has 1 unspecified atom stereocenters.